The maximum atomic E-state index is 10.2. The van der Waals surface area contributed by atoms with E-state index in [4.69, 9.17) is 5.73 Å². The van der Waals surface area contributed by atoms with Crippen LogP contribution in [-0.4, -0.2) is 28.0 Å². The van der Waals surface area contributed by atoms with E-state index in [1.54, 1.807) is 6.07 Å². The molecule has 1 saturated carbocycles. The summed E-state index contributed by atoms with van der Waals surface area (Å²) < 4.78 is 1.90. The minimum Gasteiger partial charge on any atom is -0.506 e. The van der Waals surface area contributed by atoms with E-state index in [-0.39, 0.29) is 5.75 Å². The van der Waals surface area contributed by atoms with Gasteiger partial charge in [0.05, 0.1) is 17.6 Å². The molecule has 0 radical (unpaired) electrons. The number of hydrogen-bond acceptors (Lipinski definition) is 4. The molecule has 1 heterocycles. The Morgan fingerprint density at radius 2 is 2.05 bits per heavy atom. The van der Waals surface area contributed by atoms with E-state index in [1.165, 1.54) is 31.4 Å². The van der Waals surface area contributed by atoms with E-state index in [1.807, 2.05) is 29.1 Å². The van der Waals surface area contributed by atoms with Gasteiger partial charge in [-0.1, -0.05) is 25.0 Å². The van der Waals surface area contributed by atoms with Crippen LogP contribution in [0.1, 0.15) is 43.7 Å². The van der Waals surface area contributed by atoms with Crippen molar-refractivity contribution in [3.05, 3.63) is 36.2 Å². The third-order valence-corrected chi connectivity index (χ3v) is 4.35. The Morgan fingerprint density at radius 1 is 1.27 bits per heavy atom. The zero-order valence-electron chi connectivity index (χ0n) is 12.8. The van der Waals surface area contributed by atoms with Crippen LogP contribution in [0.25, 0.3) is 5.69 Å². The van der Waals surface area contributed by atoms with Gasteiger partial charge in [-0.15, -0.1) is 0 Å². The molecular weight excluding hydrogens is 276 g/mol. The normalized spacial score (nSPS) is 15.3. The van der Waals surface area contributed by atoms with Crippen LogP contribution >= 0.6 is 0 Å². The Bertz CT molecular complexity index is 617. The van der Waals surface area contributed by atoms with Crippen LogP contribution in [0.15, 0.2) is 30.5 Å². The van der Waals surface area contributed by atoms with E-state index in [2.05, 4.69) is 10.4 Å². The first-order chi connectivity index (χ1) is 10.8. The summed E-state index contributed by atoms with van der Waals surface area (Å²) in [6.07, 6.45) is 7.70. The molecule has 0 spiro atoms. The summed E-state index contributed by atoms with van der Waals surface area (Å²) >= 11 is 0. The lowest BCUT2D eigenvalue weighted by Gasteiger charge is -2.16. The molecule has 1 aliphatic carbocycles. The van der Waals surface area contributed by atoms with E-state index < -0.39 is 0 Å². The number of hydrogen-bond donors (Lipinski definition) is 3. The summed E-state index contributed by atoms with van der Waals surface area (Å²) in [5, 5.41) is 18.1. The van der Waals surface area contributed by atoms with Gasteiger partial charge < -0.3 is 16.2 Å². The topological polar surface area (TPSA) is 76.1 Å². The summed E-state index contributed by atoms with van der Waals surface area (Å²) in [6, 6.07) is 7.37. The SMILES string of the molecule is NCCCNc1cnn(-c2ccccc2O)c1C1CCCC1. The summed E-state index contributed by atoms with van der Waals surface area (Å²) in [5.41, 5.74) is 8.59. The average molecular weight is 300 g/mol. The van der Waals surface area contributed by atoms with E-state index >= 15 is 0 Å². The Morgan fingerprint density at radius 3 is 2.77 bits per heavy atom. The predicted octanol–water partition coefficient (Wildman–Crippen LogP) is 3.00. The number of aromatic hydroxyl groups is 1. The molecule has 0 bridgehead atoms. The molecule has 4 N–H and O–H groups in total. The third kappa shape index (κ3) is 2.95. The Balaban J connectivity index is 1.97. The van der Waals surface area contributed by atoms with Crippen LogP contribution in [0.5, 0.6) is 5.75 Å². The average Bonchev–Trinajstić information content (AvgIpc) is 3.17. The molecule has 0 amide bonds. The first-order valence-electron chi connectivity index (χ1n) is 8.11. The molecule has 1 aromatic heterocycles. The van der Waals surface area contributed by atoms with Crippen molar-refractivity contribution in [1.82, 2.24) is 9.78 Å². The molecule has 5 nitrogen and oxygen atoms in total. The summed E-state index contributed by atoms with van der Waals surface area (Å²) in [5.74, 6) is 0.765. The van der Waals surface area contributed by atoms with Gasteiger partial charge in [-0.25, -0.2) is 4.68 Å². The van der Waals surface area contributed by atoms with Crippen LogP contribution < -0.4 is 11.1 Å². The maximum Gasteiger partial charge on any atom is 0.141 e. The number of para-hydroxylation sites is 2. The lowest BCUT2D eigenvalue weighted by Crippen LogP contribution is -2.12. The standard InChI is InChI=1S/C17H24N4O/c18-10-5-11-19-14-12-20-21(15-8-3-4-9-16(15)22)17(14)13-6-1-2-7-13/h3-4,8-9,12-13,19,22H,1-2,5-7,10-11,18H2. The molecular formula is C17H24N4O. The molecule has 2 aromatic rings. The second-order valence-corrected chi connectivity index (χ2v) is 5.89. The highest BCUT2D eigenvalue weighted by atomic mass is 16.3. The zero-order chi connectivity index (χ0) is 15.4. The van der Waals surface area contributed by atoms with Crippen LogP contribution in [-0.2, 0) is 0 Å². The fourth-order valence-electron chi connectivity index (χ4n) is 3.25. The van der Waals surface area contributed by atoms with E-state index in [0.29, 0.717) is 12.5 Å². The summed E-state index contributed by atoms with van der Waals surface area (Å²) in [6.45, 7) is 1.53. The summed E-state index contributed by atoms with van der Waals surface area (Å²) in [7, 11) is 0. The van der Waals surface area contributed by atoms with Crippen molar-refractivity contribution >= 4 is 5.69 Å². The molecule has 22 heavy (non-hydrogen) atoms. The smallest absolute Gasteiger partial charge is 0.141 e. The van der Waals surface area contributed by atoms with Gasteiger partial charge in [0.1, 0.15) is 11.4 Å². The molecule has 3 rings (SSSR count). The predicted molar refractivity (Wildman–Crippen MR) is 88.6 cm³/mol. The van der Waals surface area contributed by atoms with Gasteiger partial charge in [0, 0.05) is 12.5 Å². The van der Waals surface area contributed by atoms with E-state index in [9.17, 15) is 5.11 Å². The molecule has 0 saturated heterocycles. The fourth-order valence-corrected chi connectivity index (χ4v) is 3.25. The molecule has 1 fully saturated rings. The van der Waals surface area contributed by atoms with Crippen molar-refractivity contribution in [2.75, 3.05) is 18.4 Å². The minimum atomic E-state index is 0.262. The van der Waals surface area contributed by atoms with Crippen LogP contribution in [0.4, 0.5) is 5.69 Å². The fraction of sp³-hybridized carbons (Fsp3) is 0.471. The van der Waals surface area contributed by atoms with Crippen molar-refractivity contribution in [3.8, 4) is 11.4 Å². The van der Waals surface area contributed by atoms with Crippen LogP contribution in [0.2, 0.25) is 0 Å². The molecule has 0 atom stereocenters. The van der Waals surface area contributed by atoms with Gasteiger partial charge in [0.15, 0.2) is 0 Å². The largest absolute Gasteiger partial charge is 0.506 e. The van der Waals surface area contributed by atoms with Crippen molar-refractivity contribution in [2.45, 2.75) is 38.0 Å². The number of anilines is 1. The van der Waals surface area contributed by atoms with Crippen LogP contribution in [0, 0.1) is 0 Å². The number of nitrogens with two attached hydrogens (primary N) is 1. The van der Waals surface area contributed by atoms with Gasteiger partial charge in [-0.05, 0) is 37.9 Å². The minimum absolute atomic E-state index is 0.262. The number of nitrogens with zero attached hydrogens (tertiary/aromatic N) is 2. The Labute approximate surface area is 131 Å². The van der Waals surface area contributed by atoms with Gasteiger partial charge in [-0.3, -0.25) is 0 Å². The van der Waals surface area contributed by atoms with Gasteiger partial charge in [-0.2, -0.15) is 5.10 Å². The molecule has 0 unspecified atom stereocenters. The number of phenols is 1. The zero-order valence-corrected chi connectivity index (χ0v) is 12.8. The lowest BCUT2D eigenvalue weighted by molar-refractivity contribution is 0.468. The number of aromatic nitrogens is 2. The highest BCUT2D eigenvalue weighted by Crippen LogP contribution is 2.39. The first kappa shape index (κ1) is 14.9. The highest BCUT2D eigenvalue weighted by molar-refractivity contribution is 5.55. The number of nitrogens with one attached hydrogen (secondary N) is 1. The first-order valence-corrected chi connectivity index (χ1v) is 8.11. The Hall–Kier alpha value is -2.01. The van der Waals surface area contributed by atoms with Gasteiger partial charge in [0.25, 0.3) is 0 Å². The Kier molecular flexibility index (Phi) is 4.63. The molecule has 5 heteroatoms. The van der Waals surface area contributed by atoms with Crippen molar-refractivity contribution in [2.24, 2.45) is 5.73 Å². The highest BCUT2D eigenvalue weighted by Gasteiger charge is 2.25. The second kappa shape index (κ2) is 6.83. The monoisotopic (exact) mass is 300 g/mol. The molecule has 1 aliphatic rings. The lowest BCUT2D eigenvalue weighted by atomic mass is 10.0. The second-order valence-electron chi connectivity index (χ2n) is 5.89. The summed E-state index contributed by atoms with van der Waals surface area (Å²) in [4.78, 5) is 0. The maximum absolute atomic E-state index is 10.2. The molecule has 1 aromatic carbocycles. The van der Waals surface area contributed by atoms with E-state index in [0.717, 1.165) is 24.3 Å². The molecule has 0 aliphatic heterocycles. The van der Waals surface area contributed by atoms with Crippen molar-refractivity contribution in [3.63, 3.8) is 0 Å². The number of rotatable bonds is 6. The quantitative estimate of drug-likeness (QED) is 0.717. The number of benzene rings is 1. The van der Waals surface area contributed by atoms with Crippen molar-refractivity contribution < 1.29 is 5.11 Å². The van der Waals surface area contributed by atoms with Crippen LogP contribution in [0.3, 0.4) is 0 Å². The van der Waals surface area contributed by atoms with Gasteiger partial charge in [0.2, 0.25) is 0 Å². The van der Waals surface area contributed by atoms with Gasteiger partial charge >= 0.3 is 0 Å². The van der Waals surface area contributed by atoms with Crippen molar-refractivity contribution in [1.29, 1.82) is 0 Å². The third-order valence-electron chi connectivity index (χ3n) is 4.35. The number of phenolic OH excluding ortho intramolecular Hbond substituents is 1. The molecule has 118 valence electrons.